The average Bonchev–Trinajstić information content (AvgIpc) is 2.10. The molecule has 0 saturated carbocycles. The first-order chi connectivity index (χ1) is 42.2. The Morgan fingerprint density at radius 3 is 0.800 bits per heavy atom. The Labute approximate surface area is 495 Å². The normalized spacial score (nSPS) is 11.3. The van der Waals surface area contributed by atoms with Gasteiger partial charge in [0.1, 0.15) is 0 Å². The largest absolute Gasteiger partial charge is 0.309 e. The monoisotopic (exact) mass is 1080 g/mol. The molecular formula is C81H54N4. The Bertz CT molecular complexity index is 4760. The molecule has 0 N–H and O–H groups in total. The van der Waals surface area contributed by atoms with Crippen molar-refractivity contribution < 1.29 is 0 Å². The summed E-state index contributed by atoms with van der Waals surface area (Å²) < 4.78 is 2.40. The van der Waals surface area contributed by atoms with E-state index in [1.165, 1.54) is 21.8 Å². The third-order valence-corrected chi connectivity index (χ3v) is 16.3. The maximum absolute atomic E-state index is 5.20. The van der Waals surface area contributed by atoms with E-state index in [-0.39, 0.29) is 0 Å². The lowest BCUT2D eigenvalue weighted by Crippen LogP contribution is -2.03. The molecule has 398 valence electrons. The van der Waals surface area contributed by atoms with Crippen LogP contribution in [-0.2, 0) is 0 Å². The van der Waals surface area contributed by atoms with Crippen LogP contribution in [0.3, 0.4) is 0 Å². The molecule has 15 rings (SSSR count). The molecule has 4 heteroatoms. The molecule has 0 fully saturated rings. The Morgan fingerprint density at radius 2 is 0.424 bits per heavy atom. The number of fused-ring (bicyclic) bond motifs is 3. The van der Waals surface area contributed by atoms with E-state index in [4.69, 9.17) is 15.0 Å². The smallest absolute Gasteiger partial charge is 0.164 e. The van der Waals surface area contributed by atoms with E-state index in [0.717, 1.165) is 111 Å². The van der Waals surface area contributed by atoms with Gasteiger partial charge < -0.3 is 4.57 Å². The molecule has 2 aromatic heterocycles. The van der Waals surface area contributed by atoms with Crippen molar-refractivity contribution in [3.8, 4) is 129 Å². The van der Waals surface area contributed by atoms with Crippen molar-refractivity contribution in [3.05, 3.63) is 328 Å². The predicted molar refractivity (Wildman–Crippen MR) is 354 cm³/mol. The van der Waals surface area contributed by atoms with Gasteiger partial charge in [0.15, 0.2) is 17.5 Å². The number of benzene rings is 13. The number of hydrogen-bond acceptors (Lipinski definition) is 3. The van der Waals surface area contributed by atoms with E-state index in [9.17, 15) is 0 Å². The van der Waals surface area contributed by atoms with Crippen molar-refractivity contribution in [1.82, 2.24) is 19.5 Å². The van der Waals surface area contributed by atoms with Gasteiger partial charge in [0.25, 0.3) is 0 Å². The highest BCUT2D eigenvalue weighted by Gasteiger charge is 2.30. The number of nitrogens with zero attached hydrogens (tertiary/aromatic N) is 4. The first-order valence-corrected chi connectivity index (χ1v) is 28.9. The topological polar surface area (TPSA) is 43.6 Å². The molecule has 4 nitrogen and oxygen atoms in total. The molecule has 0 unspecified atom stereocenters. The number of para-hydroxylation sites is 2. The van der Waals surface area contributed by atoms with Gasteiger partial charge in [-0.15, -0.1) is 0 Å². The molecule has 0 aliphatic heterocycles. The van der Waals surface area contributed by atoms with Crippen LogP contribution in [0.5, 0.6) is 0 Å². The van der Waals surface area contributed by atoms with Gasteiger partial charge in [-0.2, -0.15) is 0 Å². The van der Waals surface area contributed by atoms with Gasteiger partial charge in [-0.25, -0.2) is 15.0 Å². The summed E-state index contributed by atoms with van der Waals surface area (Å²) in [6.07, 6.45) is 0. The lowest BCUT2D eigenvalue weighted by atomic mass is 9.73. The van der Waals surface area contributed by atoms with Crippen molar-refractivity contribution in [2.24, 2.45) is 0 Å². The quantitative estimate of drug-likeness (QED) is 0.122. The molecule has 0 atom stereocenters. The van der Waals surface area contributed by atoms with Gasteiger partial charge in [0, 0.05) is 33.2 Å². The van der Waals surface area contributed by atoms with Crippen molar-refractivity contribution in [1.29, 1.82) is 0 Å². The standard InChI is InChI=1S/C81H54N4/c1-7-25-55(26-8-1)64-37-23-39-66(53-64)77-73(57-29-11-3-12-30-57)74(58-31-13-4-14-32-58)78(67-40-24-38-65(54-67)56-27-9-2-10-28-56)76(60-49-51-68(52-50-60)85-71-43-21-19-41-69(71)70-42-20-22-44-72(70)85)75(77)59-45-47-63(48-46-59)81-83-79(61-33-15-5-16-34-61)82-80(84-81)62-35-17-6-18-36-62/h1-54H. The van der Waals surface area contributed by atoms with Crippen molar-refractivity contribution in [2.75, 3.05) is 0 Å². The van der Waals surface area contributed by atoms with Crippen molar-refractivity contribution in [3.63, 3.8) is 0 Å². The van der Waals surface area contributed by atoms with Crippen LogP contribution in [0.2, 0.25) is 0 Å². The molecular weight excluding hydrogens is 1030 g/mol. The van der Waals surface area contributed by atoms with E-state index < -0.39 is 0 Å². The molecule has 0 radical (unpaired) electrons. The highest BCUT2D eigenvalue weighted by Crippen LogP contribution is 2.56. The molecule has 0 bridgehead atoms. The first-order valence-electron chi connectivity index (χ1n) is 28.9. The van der Waals surface area contributed by atoms with Crippen LogP contribution in [0.15, 0.2) is 328 Å². The summed E-state index contributed by atoms with van der Waals surface area (Å²) in [7, 11) is 0. The highest BCUT2D eigenvalue weighted by molar-refractivity contribution is 6.16. The average molecular weight is 1080 g/mol. The Morgan fingerprint density at radius 1 is 0.176 bits per heavy atom. The second-order valence-corrected chi connectivity index (χ2v) is 21.4. The fourth-order valence-electron chi connectivity index (χ4n) is 12.4. The zero-order chi connectivity index (χ0) is 56.5. The second-order valence-electron chi connectivity index (χ2n) is 21.4. The number of rotatable bonds is 12. The zero-order valence-electron chi connectivity index (χ0n) is 46.5. The lowest BCUT2D eigenvalue weighted by molar-refractivity contribution is 1.07. The number of aromatic nitrogens is 4. The van der Waals surface area contributed by atoms with E-state index in [1.807, 2.05) is 36.4 Å². The fourth-order valence-corrected chi connectivity index (χ4v) is 12.4. The van der Waals surface area contributed by atoms with Crippen LogP contribution in [0.1, 0.15) is 0 Å². The molecule has 85 heavy (non-hydrogen) atoms. The minimum atomic E-state index is 0.596. The van der Waals surface area contributed by atoms with Gasteiger partial charge in [0.2, 0.25) is 0 Å². The summed E-state index contributed by atoms with van der Waals surface area (Å²) in [5.41, 5.74) is 24.0. The first kappa shape index (κ1) is 50.6. The van der Waals surface area contributed by atoms with Gasteiger partial charge in [-0.3, -0.25) is 0 Å². The van der Waals surface area contributed by atoms with Gasteiger partial charge in [0.05, 0.1) is 11.0 Å². The minimum Gasteiger partial charge on any atom is -0.309 e. The predicted octanol–water partition coefficient (Wildman–Crippen LogP) is 21.3. The van der Waals surface area contributed by atoms with Gasteiger partial charge in [-0.05, 0) is 125 Å². The Kier molecular flexibility index (Phi) is 13.2. The third kappa shape index (κ3) is 9.58. The van der Waals surface area contributed by atoms with Crippen LogP contribution in [0.25, 0.3) is 151 Å². The van der Waals surface area contributed by atoms with Crippen molar-refractivity contribution in [2.45, 2.75) is 0 Å². The number of hydrogen-bond donors (Lipinski definition) is 0. The van der Waals surface area contributed by atoms with E-state index in [2.05, 4.69) is 296 Å². The summed E-state index contributed by atoms with van der Waals surface area (Å²) in [6.45, 7) is 0. The Hall–Kier alpha value is -11.3. The van der Waals surface area contributed by atoms with Crippen LogP contribution in [-0.4, -0.2) is 19.5 Å². The summed E-state index contributed by atoms with van der Waals surface area (Å²) in [4.78, 5) is 15.4. The molecule has 0 aliphatic carbocycles. The molecule has 0 saturated heterocycles. The van der Waals surface area contributed by atoms with Crippen molar-refractivity contribution >= 4 is 21.8 Å². The zero-order valence-corrected chi connectivity index (χ0v) is 46.5. The molecule has 0 amide bonds. The van der Waals surface area contributed by atoms with Crippen LogP contribution < -0.4 is 0 Å². The molecule has 0 spiro atoms. The summed E-state index contributed by atoms with van der Waals surface area (Å²) >= 11 is 0. The fraction of sp³-hybridized carbons (Fsp3) is 0. The summed E-state index contributed by atoms with van der Waals surface area (Å²) in [6, 6.07) is 118. The minimum absolute atomic E-state index is 0.596. The molecule has 2 heterocycles. The van der Waals surface area contributed by atoms with E-state index >= 15 is 0 Å². The second kappa shape index (κ2) is 22.2. The van der Waals surface area contributed by atoms with Gasteiger partial charge in [-0.1, -0.05) is 291 Å². The third-order valence-electron chi connectivity index (χ3n) is 16.3. The maximum atomic E-state index is 5.20. The van der Waals surface area contributed by atoms with Gasteiger partial charge >= 0.3 is 0 Å². The van der Waals surface area contributed by atoms with Crippen LogP contribution in [0.4, 0.5) is 0 Å². The summed E-state index contributed by atoms with van der Waals surface area (Å²) in [5.74, 6) is 1.83. The van der Waals surface area contributed by atoms with Crippen LogP contribution >= 0.6 is 0 Å². The Balaban J connectivity index is 1.07. The summed E-state index contributed by atoms with van der Waals surface area (Å²) in [5, 5.41) is 2.45. The van der Waals surface area contributed by atoms with E-state index in [1.54, 1.807) is 0 Å². The molecule has 15 aromatic rings. The molecule has 0 aliphatic rings. The SMILES string of the molecule is c1ccc(-c2cccc(-c3c(-c4ccccc4)c(-c4ccccc4)c(-c4cccc(-c5ccccc5)c4)c(-c4ccc(-n5c6ccccc6c6ccccc65)cc4)c3-c3ccc(-c4nc(-c5ccccc5)nc(-c5ccccc5)n4)cc3)c2)cc1. The highest BCUT2D eigenvalue weighted by atomic mass is 15.0. The molecule has 13 aromatic carbocycles. The maximum Gasteiger partial charge on any atom is 0.164 e. The lowest BCUT2D eigenvalue weighted by Gasteiger charge is -2.29. The van der Waals surface area contributed by atoms with E-state index in [0.29, 0.717) is 17.5 Å². The van der Waals surface area contributed by atoms with Crippen LogP contribution in [0, 0.1) is 0 Å².